The monoisotopic (exact) mass is 336 g/mol. The molecule has 2 atom stereocenters. The summed E-state index contributed by atoms with van der Waals surface area (Å²) in [7, 11) is 0. The maximum Gasteiger partial charge on any atom is 0.233 e. The molecule has 1 fully saturated rings. The number of rotatable bonds is 4. The normalized spacial score (nSPS) is 21.1. The predicted molar refractivity (Wildman–Crippen MR) is 81.6 cm³/mol. The number of benzene rings is 2. The van der Waals surface area contributed by atoms with E-state index in [0.717, 1.165) is 11.6 Å². The summed E-state index contributed by atoms with van der Waals surface area (Å²) in [5, 5.41) is 11.3. The van der Waals surface area contributed by atoms with E-state index < -0.39 is 34.3 Å². The maximum absolute atomic E-state index is 14.0. The molecule has 2 aromatic rings. The van der Waals surface area contributed by atoms with Crippen molar-refractivity contribution in [2.24, 2.45) is 0 Å². The summed E-state index contributed by atoms with van der Waals surface area (Å²) in [5.41, 5.74) is 0.831. The summed E-state index contributed by atoms with van der Waals surface area (Å²) < 4.78 is 40.6. The largest absolute Gasteiger partial charge is 0.292 e. The van der Waals surface area contributed by atoms with Gasteiger partial charge in [-0.3, -0.25) is 15.0 Å². The van der Waals surface area contributed by atoms with Crippen molar-refractivity contribution in [3.8, 4) is 0 Å². The van der Waals surface area contributed by atoms with Crippen molar-refractivity contribution in [1.29, 1.82) is 0 Å². The molecule has 7 heteroatoms. The first-order chi connectivity index (χ1) is 11.5. The Morgan fingerprint density at radius 3 is 2.38 bits per heavy atom. The molecule has 1 aliphatic rings. The van der Waals surface area contributed by atoms with Gasteiger partial charge < -0.3 is 0 Å². The molecular weight excluding hydrogens is 321 g/mol. The average Bonchev–Trinajstić information content (AvgIpc) is 2.96. The van der Waals surface area contributed by atoms with E-state index in [4.69, 9.17) is 0 Å². The topological polar surface area (TPSA) is 46.4 Å². The number of halogens is 3. The number of hydrogen-bond acceptors (Lipinski definition) is 3. The van der Waals surface area contributed by atoms with Crippen LogP contribution in [-0.4, -0.2) is 29.0 Å². The average molecular weight is 336 g/mol. The molecule has 2 aromatic carbocycles. The summed E-state index contributed by atoms with van der Waals surface area (Å²) in [5.74, 6) is -4.27. The number of nitrogens with zero attached hydrogens (tertiary/aromatic N) is 2. The van der Waals surface area contributed by atoms with E-state index in [1.54, 1.807) is 0 Å². The van der Waals surface area contributed by atoms with Crippen molar-refractivity contribution in [2.75, 3.05) is 13.1 Å². The molecule has 0 aliphatic carbocycles. The van der Waals surface area contributed by atoms with Crippen molar-refractivity contribution < 1.29 is 18.1 Å². The van der Waals surface area contributed by atoms with Crippen molar-refractivity contribution in [1.82, 2.24) is 4.90 Å². The summed E-state index contributed by atoms with van der Waals surface area (Å²) in [6.45, 7) is 0.820. The molecule has 1 aliphatic heterocycles. The van der Waals surface area contributed by atoms with Crippen LogP contribution in [0.1, 0.15) is 17.0 Å². The predicted octanol–water partition coefficient (Wildman–Crippen LogP) is 3.35. The number of likely N-dealkylation sites (tertiary alicyclic amines) is 1. The second-order valence-corrected chi connectivity index (χ2v) is 5.93. The molecule has 1 unspecified atom stereocenters. The fourth-order valence-electron chi connectivity index (χ4n) is 3.18. The van der Waals surface area contributed by atoms with Gasteiger partial charge >= 0.3 is 0 Å². The molecule has 0 aromatic heterocycles. The summed E-state index contributed by atoms with van der Waals surface area (Å²) in [6, 6.07) is 9.50. The van der Waals surface area contributed by atoms with Crippen LogP contribution in [0.3, 0.4) is 0 Å². The van der Waals surface area contributed by atoms with Gasteiger partial charge in [-0.05, 0) is 11.6 Å². The fraction of sp³-hybridized carbons (Fsp3) is 0.294. The van der Waals surface area contributed by atoms with Crippen LogP contribution in [0.15, 0.2) is 42.5 Å². The van der Waals surface area contributed by atoms with Crippen LogP contribution in [0.2, 0.25) is 0 Å². The van der Waals surface area contributed by atoms with Gasteiger partial charge in [-0.15, -0.1) is 0 Å². The van der Waals surface area contributed by atoms with Gasteiger partial charge in [0.25, 0.3) is 0 Å². The van der Waals surface area contributed by atoms with Crippen LogP contribution in [0.4, 0.5) is 13.2 Å². The highest BCUT2D eigenvalue weighted by atomic mass is 19.2. The Balaban J connectivity index is 1.86. The SMILES string of the molecule is O=[N+]([O-])[C@@H]1CN(Cc2ccccc2)CC1c1cc(F)c(F)cc1F. The molecule has 3 rings (SSSR count). The first-order valence-corrected chi connectivity index (χ1v) is 7.50. The first-order valence-electron chi connectivity index (χ1n) is 7.50. The van der Waals surface area contributed by atoms with Crippen LogP contribution in [0, 0.1) is 27.6 Å². The molecule has 0 radical (unpaired) electrons. The zero-order valence-corrected chi connectivity index (χ0v) is 12.7. The van der Waals surface area contributed by atoms with E-state index in [9.17, 15) is 23.3 Å². The van der Waals surface area contributed by atoms with Crippen LogP contribution in [0.5, 0.6) is 0 Å². The van der Waals surface area contributed by atoms with E-state index >= 15 is 0 Å². The summed E-state index contributed by atoms with van der Waals surface area (Å²) in [4.78, 5) is 12.7. The van der Waals surface area contributed by atoms with Gasteiger partial charge in [0, 0.05) is 29.6 Å². The van der Waals surface area contributed by atoms with Gasteiger partial charge in [-0.2, -0.15) is 0 Å². The Hall–Kier alpha value is -2.41. The third-order valence-corrected chi connectivity index (χ3v) is 4.32. The molecular formula is C17H15F3N2O2. The zero-order chi connectivity index (χ0) is 17.3. The van der Waals surface area contributed by atoms with Gasteiger partial charge in [-0.25, -0.2) is 13.2 Å². The molecule has 0 N–H and O–H groups in total. The lowest BCUT2D eigenvalue weighted by atomic mass is 9.94. The van der Waals surface area contributed by atoms with Gasteiger partial charge in [0.05, 0.1) is 12.5 Å². The Kier molecular flexibility index (Phi) is 4.53. The standard InChI is InChI=1S/C17H15F3N2O2/c18-14-7-16(20)15(19)6-12(14)13-9-21(10-17(13)22(23)24)8-11-4-2-1-3-5-11/h1-7,13,17H,8-10H2/t13?,17-/m1/s1. The maximum atomic E-state index is 14.0. The van der Waals surface area contributed by atoms with Crippen LogP contribution < -0.4 is 0 Å². The Bertz CT molecular complexity index is 755. The quantitative estimate of drug-likeness (QED) is 0.489. The fourth-order valence-corrected chi connectivity index (χ4v) is 3.18. The summed E-state index contributed by atoms with van der Waals surface area (Å²) >= 11 is 0. The Labute approximate surface area is 136 Å². The Morgan fingerprint density at radius 2 is 1.71 bits per heavy atom. The molecule has 0 amide bonds. The molecule has 24 heavy (non-hydrogen) atoms. The van der Waals surface area contributed by atoms with Crippen LogP contribution in [0.25, 0.3) is 0 Å². The van der Waals surface area contributed by atoms with E-state index in [1.165, 1.54) is 0 Å². The van der Waals surface area contributed by atoms with E-state index in [0.29, 0.717) is 12.6 Å². The molecule has 126 valence electrons. The van der Waals surface area contributed by atoms with Gasteiger partial charge in [0.1, 0.15) is 5.82 Å². The third-order valence-electron chi connectivity index (χ3n) is 4.32. The lowest BCUT2D eigenvalue weighted by Crippen LogP contribution is -2.28. The number of nitro groups is 1. The van der Waals surface area contributed by atoms with E-state index in [-0.39, 0.29) is 18.7 Å². The second kappa shape index (κ2) is 6.60. The second-order valence-electron chi connectivity index (χ2n) is 5.93. The van der Waals surface area contributed by atoms with Gasteiger partial charge in [0.2, 0.25) is 6.04 Å². The van der Waals surface area contributed by atoms with Crippen LogP contribution in [-0.2, 0) is 6.54 Å². The smallest absolute Gasteiger partial charge is 0.233 e. The highest BCUT2D eigenvalue weighted by Crippen LogP contribution is 2.33. The minimum absolute atomic E-state index is 0.130. The first kappa shape index (κ1) is 16.4. The van der Waals surface area contributed by atoms with Gasteiger partial charge in [-0.1, -0.05) is 30.3 Å². The minimum atomic E-state index is -1.30. The molecule has 0 spiro atoms. The summed E-state index contributed by atoms with van der Waals surface area (Å²) in [6.07, 6.45) is 0. The third kappa shape index (κ3) is 3.26. The van der Waals surface area contributed by atoms with E-state index in [1.807, 2.05) is 35.2 Å². The molecule has 1 saturated heterocycles. The minimum Gasteiger partial charge on any atom is -0.292 e. The molecule has 0 saturated carbocycles. The highest BCUT2D eigenvalue weighted by molar-refractivity contribution is 5.27. The van der Waals surface area contributed by atoms with Crippen molar-refractivity contribution in [2.45, 2.75) is 18.5 Å². The number of hydrogen-bond donors (Lipinski definition) is 0. The lowest BCUT2D eigenvalue weighted by molar-refractivity contribution is -0.521. The lowest BCUT2D eigenvalue weighted by Gasteiger charge is -2.15. The zero-order valence-electron chi connectivity index (χ0n) is 12.7. The molecule has 4 nitrogen and oxygen atoms in total. The van der Waals surface area contributed by atoms with Crippen molar-refractivity contribution in [3.63, 3.8) is 0 Å². The molecule has 0 bridgehead atoms. The van der Waals surface area contributed by atoms with Crippen LogP contribution >= 0.6 is 0 Å². The molecule has 1 heterocycles. The highest BCUT2D eigenvalue weighted by Gasteiger charge is 2.43. The van der Waals surface area contributed by atoms with Gasteiger partial charge in [0.15, 0.2) is 11.6 Å². The Morgan fingerprint density at radius 1 is 1.04 bits per heavy atom. The van der Waals surface area contributed by atoms with Crippen molar-refractivity contribution >= 4 is 0 Å². The van der Waals surface area contributed by atoms with Crippen molar-refractivity contribution in [3.05, 3.63) is 81.2 Å². The van der Waals surface area contributed by atoms with E-state index in [2.05, 4.69) is 0 Å².